The minimum atomic E-state index is -0.190. The summed E-state index contributed by atoms with van der Waals surface area (Å²) in [6, 6.07) is 0. The zero-order chi connectivity index (χ0) is 35.6. The number of ether oxygens (including phenoxy) is 11. The molecule has 0 aliphatic heterocycles. The Hall–Kier alpha value is -1.42. The van der Waals surface area contributed by atoms with Gasteiger partial charge in [-0.1, -0.05) is 65.2 Å². The zero-order valence-electron chi connectivity index (χ0n) is 30.9. The van der Waals surface area contributed by atoms with Crippen molar-refractivity contribution in [1.29, 1.82) is 0 Å². The highest BCUT2D eigenvalue weighted by Gasteiger charge is 2.03. The first-order valence-electron chi connectivity index (χ1n) is 18.7. The number of rotatable bonds is 42. The Labute approximate surface area is 296 Å². The largest absolute Gasteiger partial charge is 0.463 e. The van der Waals surface area contributed by atoms with E-state index < -0.39 is 0 Å². The summed E-state index contributed by atoms with van der Waals surface area (Å²) < 4.78 is 59.2. The SMILES string of the molecule is CCCCCCCCCCCC(=O)OCCOCCOCCOCCOCCOCCOCCOCCOCCOCCOC(=O)CCC. The van der Waals surface area contributed by atoms with E-state index in [0.717, 1.165) is 19.3 Å². The summed E-state index contributed by atoms with van der Waals surface area (Å²) in [7, 11) is 0. The van der Waals surface area contributed by atoms with Crippen LogP contribution in [0.25, 0.3) is 0 Å². The Morgan fingerprint density at radius 1 is 0.286 bits per heavy atom. The van der Waals surface area contributed by atoms with Crippen molar-refractivity contribution in [3.63, 3.8) is 0 Å². The van der Waals surface area contributed by atoms with Crippen molar-refractivity contribution in [3.05, 3.63) is 0 Å². The quantitative estimate of drug-likeness (QED) is 0.0626. The second kappa shape index (κ2) is 42.7. The Kier molecular flexibility index (Phi) is 41.5. The van der Waals surface area contributed by atoms with E-state index in [2.05, 4.69) is 6.92 Å². The highest BCUT2D eigenvalue weighted by molar-refractivity contribution is 5.69. The smallest absolute Gasteiger partial charge is 0.305 e. The number of hydrogen-bond donors (Lipinski definition) is 0. The number of carbonyl (C=O) groups is 2. The molecule has 0 aromatic heterocycles. The molecule has 0 amide bonds. The lowest BCUT2D eigenvalue weighted by Gasteiger charge is -2.09. The van der Waals surface area contributed by atoms with E-state index in [-0.39, 0.29) is 25.2 Å². The molecule has 0 spiro atoms. The van der Waals surface area contributed by atoms with Crippen LogP contribution in [0.3, 0.4) is 0 Å². The lowest BCUT2D eigenvalue weighted by atomic mass is 10.1. The summed E-state index contributed by atoms with van der Waals surface area (Å²) in [5.41, 5.74) is 0. The molecule has 0 saturated carbocycles. The van der Waals surface area contributed by atoms with Crippen molar-refractivity contribution in [2.45, 2.75) is 90.9 Å². The molecule has 0 saturated heterocycles. The molecule has 49 heavy (non-hydrogen) atoms. The van der Waals surface area contributed by atoms with E-state index in [1.165, 1.54) is 44.9 Å². The van der Waals surface area contributed by atoms with Gasteiger partial charge in [0, 0.05) is 12.8 Å². The van der Waals surface area contributed by atoms with Crippen molar-refractivity contribution in [1.82, 2.24) is 0 Å². The molecule has 0 rings (SSSR count). The third-order valence-electron chi connectivity index (χ3n) is 6.90. The second-order valence-corrected chi connectivity index (χ2v) is 11.3. The predicted octanol–water partition coefficient (Wildman–Crippen LogP) is 4.94. The van der Waals surface area contributed by atoms with Crippen LogP contribution >= 0.6 is 0 Å². The fraction of sp³-hybridized carbons (Fsp3) is 0.944. The van der Waals surface area contributed by atoms with E-state index >= 15 is 0 Å². The van der Waals surface area contributed by atoms with Crippen molar-refractivity contribution in [3.8, 4) is 0 Å². The summed E-state index contributed by atoms with van der Waals surface area (Å²) in [5.74, 6) is -0.329. The lowest BCUT2D eigenvalue weighted by Crippen LogP contribution is -2.15. The summed E-state index contributed by atoms with van der Waals surface area (Å²) in [5, 5.41) is 0. The molecule has 0 aromatic rings. The van der Waals surface area contributed by atoms with Gasteiger partial charge in [0.15, 0.2) is 0 Å². The van der Waals surface area contributed by atoms with Gasteiger partial charge in [-0.25, -0.2) is 0 Å². The van der Waals surface area contributed by atoms with Crippen LogP contribution in [-0.4, -0.2) is 144 Å². The number of unbranched alkanes of at least 4 members (excludes halogenated alkanes) is 8. The zero-order valence-corrected chi connectivity index (χ0v) is 30.9. The minimum Gasteiger partial charge on any atom is -0.463 e. The molecule has 0 heterocycles. The van der Waals surface area contributed by atoms with Crippen molar-refractivity contribution in [2.75, 3.05) is 132 Å². The molecule has 0 atom stereocenters. The van der Waals surface area contributed by atoms with Crippen molar-refractivity contribution in [2.24, 2.45) is 0 Å². The molecule has 0 bridgehead atoms. The number of esters is 2. The maximum atomic E-state index is 11.8. The summed E-state index contributed by atoms with van der Waals surface area (Å²) in [4.78, 5) is 23.0. The monoisotopic (exact) mass is 710 g/mol. The van der Waals surface area contributed by atoms with Crippen LogP contribution in [-0.2, 0) is 61.7 Å². The van der Waals surface area contributed by atoms with Gasteiger partial charge >= 0.3 is 11.9 Å². The maximum Gasteiger partial charge on any atom is 0.305 e. The van der Waals surface area contributed by atoms with E-state index in [1.54, 1.807) is 0 Å². The molecule has 0 aliphatic carbocycles. The van der Waals surface area contributed by atoms with E-state index in [9.17, 15) is 9.59 Å². The topological polar surface area (TPSA) is 136 Å². The van der Waals surface area contributed by atoms with Gasteiger partial charge in [0.25, 0.3) is 0 Å². The normalized spacial score (nSPS) is 11.3. The average Bonchev–Trinajstić information content (AvgIpc) is 3.10. The minimum absolute atomic E-state index is 0.139. The molecule has 292 valence electrons. The fourth-order valence-electron chi connectivity index (χ4n) is 4.22. The van der Waals surface area contributed by atoms with Gasteiger partial charge < -0.3 is 52.1 Å². The summed E-state index contributed by atoms with van der Waals surface area (Å²) in [6.45, 7) is 13.2. The molecule has 0 aromatic carbocycles. The Balaban J connectivity index is 3.12. The first-order chi connectivity index (χ1) is 24.2. The first-order valence-corrected chi connectivity index (χ1v) is 18.7. The predicted molar refractivity (Wildman–Crippen MR) is 186 cm³/mol. The van der Waals surface area contributed by atoms with Crippen LogP contribution in [0, 0.1) is 0 Å². The number of hydrogen-bond acceptors (Lipinski definition) is 13. The Morgan fingerprint density at radius 3 is 0.816 bits per heavy atom. The van der Waals surface area contributed by atoms with Gasteiger partial charge in [-0.15, -0.1) is 0 Å². The van der Waals surface area contributed by atoms with Gasteiger partial charge in [-0.05, 0) is 12.8 Å². The molecule has 0 radical (unpaired) electrons. The fourth-order valence-corrected chi connectivity index (χ4v) is 4.22. The van der Waals surface area contributed by atoms with Crippen LogP contribution in [0.5, 0.6) is 0 Å². The average molecular weight is 711 g/mol. The van der Waals surface area contributed by atoms with Gasteiger partial charge in [0.2, 0.25) is 0 Å². The van der Waals surface area contributed by atoms with Crippen LogP contribution in [0.1, 0.15) is 90.9 Å². The van der Waals surface area contributed by atoms with Gasteiger partial charge in [-0.3, -0.25) is 9.59 Å². The third-order valence-corrected chi connectivity index (χ3v) is 6.90. The summed E-state index contributed by atoms with van der Waals surface area (Å²) >= 11 is 0. The van der Waals surface area contributed by atoms with Crippen molar-refractivity contribution >= 4 is 11.9 Å². The summed E-state index contributed by atoms with van der Waals surface area (Å²) in [6.07, 6.45) is 12.8. The van der Waals surface area contributed by atoms with Crippen LogP contribution < -0.4 is 0 Å². The molecular weight excluding hydrogens is 640 g/mol. The second-order valence-electron chi connectivity index (χ2n) is 11.3. The number of carbonyl (C=O) groups excluding carboxylic acids is 2. The highest BCUT2D eigenvalue weighted by atomic mass is 16.6. The molecular formula is C36H70O13. The van der Waals surface area contributed by atoms with Crippen LogP contribution in [0.4, 0.5) is 0 Å². The first kappa shape index (κ1) is 47.6. The maximum absolute atomic E-state index is 11.8. The molecule has 0 fully saturated rings. The Morgan fingerprint density at radius 2 is 0.531 bits per heavy atom. The van der Waals surface area contributed by atoms with E-state index in [0.29, 0.717) is 132 Å². The highest BCUT2D eigenvalue weighted by Crippen LogP contribution is 2.10. The Bertz CT molecular complexity index is 669. The molecule has 0 N–H and O–H groups in total. The van der Waals surface area contributed by atoms with E-state index in [1.807, 2.05) is 6.92 Å². The standard InChI is InChI=1S/C36H70O13/c1-3-5-6-7-8-9-10-11-12-14-36(38)49-34-32-47-30-28-45-26-24-43-22-20-41-18-16-39-15-17-40-19-21-42-23-25-44-27-29-46-31-33-48-35(37)13-4-2/h3-34H2,1-2H3. The van der Waals surface area contributed by atoms with E-state index in [4.69, 9.17) is 52.1 Å². The van der Waals surface area contributed by atoms with Crippen molar-refractivity contribution < 1.29 is 61.7 Å². The molecule has 13 heteroatoms. The molecule has 0 aliphatic rings. The third kappa shape index (κ3) is 42.7. The lowest BCUT2D eigenvalue weighted by molar-refractivity contribution is -0.146. The molecule has 0 unspecified atom stereocenters. The van der Waals surface area contributed by atoms with Crippen LogP contribution in [0.2, 0.25) is 0 Å². The van der Waals surface area contributed by atoms with Gasteiger partial charge in [-0.2, -0.15) is 0 Å². The van der Waals surface area contributed by atoms with Crippen LogP contribution in [0.15, 0.2) is 0 Å². The molecule has 13 nitrogen and oxygen atoms in total. The van der Waals surface area contributed by atoms with Gasteiger partial charge in [0.1, 0.15) is 13.2 Å². The van der Waals surface area contributed by atoms with Gasteiger partial charge in [0.05, 0.1) is 119 Å².